The Balaban J connectivity index is 1.38. The Hall–Kier alpha value is -2.47. The van der Waals surface area contributed by atoms with E-state index in [1.54, 1.807) is 18.0 Å². The fraction of sp³-hybridized carbons (Fsp3) is 0.292. The first-order valence-electron chi connectivity index (χ1n) is 10.7. The first-order chi connectivity index (χ1) is 15.6. The second kappa shape index (κ2) is 10.9. The SMILES string of the molecule is CN(C(=O)/C=C/c1ccc(PSC=O)cc1)c1ccc2c(cnn2CCN2CCCC2)c1. The van der Waals surface area contributed by atoms with Crippen molar-refractivity contribution in [3.8, 4) is 0 Å². The largest absolute Gasteiger partial charge is 0.312 e. The van der Waals surface area contributed by atoms with Crippen LogP contribution in [0, 0.1) is 0 Å². The van der Waals surface area contributed by atoms with E-state index < -0.39 is 0 Å². The molecule has 0 bridgehead atoms. The molecule has 2 aromatic carbocycles. The summed E-state index contributed by atoms with van der Waals surface area (Å²) in [5.41, 5.74) is 3.75. The number of rotatable bonds is 9. The molecule has 6 nitrogen and oxygen atoms in total. The Kier molecular flexibility index (Phi) is 7.74. The van der Waals surface area contributed by atoms with Crippen LogP contribution < -0.4 is 10.2 Å². The summed E-state index contributed by atoms with van der Waals surface area (Å²) in [6.07, 6.45) is 7.87. The molecular formula is C24H27N4O2PS. The predicted molar refractivity (Wildman–Crippen MR) is 137 cm³/mol. The van der Waals surface area contributed by atoms with Gasteiger partial charge in [0.2, 0.25) is 0 Å². The van der Waals surface area contributed by atoms with Crippen molar-refractivity contribution in [1.82, 2.24) is 14.7 Å². The number of carbonyl (C=O) groups is 2. The van der Waals surface area contributed by atoms with Gasteiger partial charge in [0.1, 0.15) is 0 Å². The molecule has 1 aliphatic rings. The number of anilines is 1. The molecule has 0 spiro atoms. The molecule has 8 heteroatoms. The third kappa shape index (κ3) is 5.66. The molecule has 0 saturated carbocycles. The highest BCUT2D eigenvalue weighted by molar-refractivity contribution is 8.58. The third-order valence-corrected chi connectivity index (χ3v) is 7.86. The zero-order valence-corrected chi connectivity index (χ0v) is 19.9. The molecular weight excluding hydrogens is 439 g/mol. The number of benzene rings is 2. The van der Waals surface area contributed by atoms with Crippen molar-refractivity contribution in [1.29, 1.82) is 0 Å². The fourth-order valence-corrected chi connectivity index (χ4v) is 5.31. The Morgan fingerprint density at radius 2 is 1.94 bits per heavy atom. The number of likely N-dealkylation sites (tertiary alicyclic amines) is 1. The van der Waals surface area contributed by atoms with E-state index in [2.05, 4.69) is 14.7 Å². The molecule has 32 heavy (non-hydrogen) atoms. The summed E-state index contributed by atoms with van der Waals surface area (Å²) in [4.78, 5) is 27.3. The van der Waals surface area contributed by atoms with Crippen molar-refractivity contribution in [3.05, 3.63) is 60.3 Å². The molecule has 3 aromatic rings. The highest BCUT2D eigenvalue weighted by atomic mass is 32.7. The summed E-state index contributed by atoms with van der Waals surface area (Å²) in [7, 11) is 2.19. The van der Waals surface area contributed by atoms with Crippen LogP contribution in [-0.4, -0.2) is 52.9 Å². The standard InChI is InChI=1S/C24H27N4O2PS/c1-26(24(30)11-6-19-4-8-22(9-5-19)31-32-18-29)21-7-10-23-20(16-21)17-25-28(23)15-14-27-12-2-3-13-27/h4-11,16-18,31H,2-3,12-15H2,1H3/b11-6+. The Bertz CT molecular complexity index is 1110. The maximum absolute atomic E-state index is 12.7. The lowest BCUT2D eigenvalue weighted by molar-refractivity contribution is -0.113. The molecule has 1 amide bonds. The number of fused-ring (bicyclic) bond motifs is 1. The lowest BCUT2D eigenvalue weighted by Gasteiger charge is -2.16. The first kappa shape index (κ1) is 22.7. The number of hydrogen-bond acceptors (Lipinski definition) is 5. The smallest absolute Gasteiger partial charge is 0.250 e. The normalized spacial score (nSPS) is 14.8. The number of aromatic nitrogens is 2. The first-order valence-corrected chi connectivity index (χ1v) is 13.3. The second-order valence-electron chi connectivity index (χ2n) is 7.83. The van der Waals surface area contributed by atoms with Gasteiger partial charge >= 0.3 is 0 Å². The molecule has 0 aliphatic carbocycles. The van der Waals surface area contributed by atoms with E-state index in [9.17, 15) is 9.59 Å². The van der Waals surface area contributed by atoms with Crippen molar-refractivity contribution in [3.63, 3.8) is 0 Å². The monoisotopic (exact) mass is 466 g/mol. The molecule has 1 aromatic heterocycles. The van der Waals surface area contributed by atoms with Crippen molar-refractivity contribution in [2.24, 2.45) is 0 Å². The Morgan fingerprint density at radius 3 is 2.69 bits per heavy atom. The predicted octanol–water partition coefficient (Wildman–Crippen LogP) is 3.95. The zero-order valence-electron chi connectivity index (χ0n) is 18.1. The van der Waals surface area contributed by atoms with Crippen molar-refractivity contribution >= 4 is 58.7 Å². The van der Waals surface area contributed by atoms with E-state index in [-0.39, 0.29) is 5.91 Å². The van der Waals surface area contributed by atoms with Crippen LogP contribution in [-0.2, 0) is 16.1 Å². The average Bonchev–Trinajstić information content (AvgIpc) is 3.49. The summed E-state index contributed by atoms with van der Waals surface area (Å²) in [5, 5.41) is 6.70. The van der Waals surface area contributed by atoms with Gasteiger partial charge in [-0.15, -0.1) is 0 Å². The van der Waals surface area contributed by atoms with E-state index in [0.717, 1.165) is 46.2 Å². The van der Waals surface area contributed by atoms with Gasteiger partial charge < -0.3 is 9.80 Å². The van der Waals surface area contributed by atoms with Gasteiger partial charge in [0.15, 0.2) is 5.62 Å². The molecule has 1 atom stereocenters. The van der Waals surface area contributed by atoms with E-state index in [1.165, 1.54) is 37.3 Å². The summed E-state index contributed by atoms with van der Waals surface area (Å²) in [5.74, 6) is -0.0896. The lowest BCUT2D eigenvalue weighted by Crippen LogP contribution is -2.24. The zero-order chi connectivity index (χ0) is 22.3. The van der Waals surface area contributed by atoms with Gasteiger partial charge in [-0.05, 0) is 68.9 Å². The van der Waals surface area contributed by atoms with Crippen LogP contribution in [0.3, 0.4) is 0 Å². The van der Waals surface area contributed by atoms with Crippen LogP contribution in [0.5, 0.6) is 0 Å². The van der Waals surface area contributed by atoms with Gasteiger partial charge in [-0.25, -0.2) is 0 Å². The van der Waals surface area contributed by atoms with E-state index in [1.807, 2.05) is 54.7 Å². The van der Waals surface area contributed by atoms with Crippen LogP contribution in [0.15, 0.2) is 54.7 Å². The maximum Gasteiger partial charge on any atom is 0.250 e. The van der Waals surface area contributed by atoms with Crippen molar-refractivity contribution in [2.75, 3.05) is 31.6 Å². The van der Waals surface area contributed by atoms with Gasteiger partial charge in [0.25, 0.3) is 5.91 Å². The summed E-state index contributed by atoms with van der Waals surface area (Å²) >= 11 is 1.26. The summed E-state index contributed by atoms with van der Waals surface area (Å²) in [6, 6.07) is 13.9. The quantitative estimate of drug-likeness (QED) is 0.272. The molecule has 1 unspecified atom stereocenters. The molecule has 0 N–H and O–H groups in total. The van der Waals surface area contributed by atoms with Crippen molar-refractivity contribution < 1.29 is 9.59 Å². The number of likely N-dealkylation sites (N-methyl/N-ethyl adjacent to an activating group) is 1. The average molecular weight is 467 g/mol. The van der Waals surface area contributed by atoms with Crippen LogP contribution in [0.2, 0.25) is 0 Å². The van der Waals surface area contributed by atoms with Gasteiger partial charge in [0, 0.05) is 30.7 Å². The number of nitrogens with zero attached hydrogens (tertiary/aromatic N) is 4. The highest BCUT2D eigenvalue weighted by Crippen LogP contribution is 2.25. The van der Waals surface area contributed by atoms with Crippen LogP contribution in [0.4, 0.5) is 5.69 Å². The minimum atomic E-state index is -0.0896. The highest BCUT2D eigenvalue weighted by Gasteiger charge is 2.13. The number of hydrogen-bond donors (Lipinski definition) is 0. The molecule has 166 valence electrons. The van der Waals surface area contributed by atoms with Gasteiger partial charge in [-0.1, -0.05) is 35.6 Å². The van der Waals surface area contributed by atoms with E-state index in [4.69, 9.17) is 0 Å². The number of amides is 1. The van der Waals surface area contributed by atoms with Crippen molar-refractivity contribution in [2.45, 2.75) is 19.4 Å². The Morgan fingerprint density at radius 1 is 1.16 bits per heavy atom. The van der Waals surface area contributed by atoms with E-state index >= 15 is 0 Å². The van der Waals surface area contributed by atoms with E-state index in [0.29, 0.717) is 7.78 Å². The maximum atomic E-state index is 12.7. The number of carbonyl (C=O) groups excluding carboxylic acids is 2. The minimum absolute atomic E-state index is 0.0896. The van der Waals surface area contributed by atoms with Crippen LogP contribution in [0.1, 0.15) is 18.4 Å². The van der Waals surface area contributed by atoms with Gasteiger partial charge in [0.05, 0.1) is 18.3 Å². The van der Waals surface area contributed by atoms with Gasteiger partial charge in [-0.3, -0.25) is 14.3 Å². The third-order valence-electron chi connectivity index (χ3n) is 5.72. The Labute approximate surface area is 194 Å². The molecule has 1 aliphatic heterocycles. The van der Waals surface area contributed by atoms with Crippen LogP contribution in [0.25, 0.3) is 17.0 Å². The van der Waals surface area contributed by atoms with Crippen LogP contribution >= 0.6 is 19.2 Å². The molecule has 4 rings (SSSR count). The second-order valence-corrected chi connectivity index (χ2v) is 10.4. The summed E-state index contributed by atoms with van der Waals surface area (Å²) < 4.78 is 2.05. The topological polar surface area (TPSA) is 58.4 Å². The fourth-order valence-electron chi connectivity index (χ4n) is 3.86. The minimum Gasteiger partial charge on any atom is -0.312 e. The summed E-state index contributed by atoms with van der Waals surface area (Å²) in [6.45, 7) is 4.29. The molecule has 1 fully saturated rings. The van der Waals surface area contributed by atoms with Gasteiger partial charge in [-0.2, -0.15) is 5.10 Å². The molecule has 0 radical (unpaired) electrons. The molecule has 1 saturated heterocycles. The lowest BCUT2D eigenvalue weighted by atomic mass is 10.2. The molecule has 2 heterocycles.